The quantitative estimate of drug-likeness (QED) is 0.706. The molecule has 74 valence electrons. The molecule has 0 aliphatic heterocycles. The molecule has 13 heavy (non-hydrogen) atoms. The summed E-state index contributed by atoms with van der Waals surface area (Å²) in [4.78, 5) is 4.16. The maximum absolute atomic E-state index is 5.18. The fourth-order valence-corrected chi connectivity index (χ4v) is 0.987. The number of methoxy groups -OCH3 is 2. The highest BCUT2D eigenvalue weighted by atomic mass is 16.7. The molecule has 0 aromatic carbocycles. The molecule has 1 heterocycles. The third kappa shape index (κ3) is 1.94. The van der Waals surface area contributed by atoms with E-state index in [1.54, 1.807) is 7.11 Å². The van der Waals surface area contributed by atoms with Gasteiger partial charge in [0.2, 0.25) is 0 Å². The van der Waals surface area contributed by atoms with Gasteiger partial charge in [0.15, 0.2) is 0 Å². The number of ether oxygens (including phenoxy) is 2. The zero-order valence-electron chi connectivity index (χ0n) is 8.67. The van der Waals surface area contributed by atoms with Gasteiger partial charge in [-0.1, -0.05) is 20.8 Å². The maximum Gasteiger partial charge on any atom is 0.396 e. The monoisotopic (exact) mass is 185 g/mol. The summed E-state index contributed by atoms with van der Waals surface area (Å²) < 4.78 is 15.1. The number of nitrogens with zero attached hydrogens (tertiary/aromatic N) is 1. The molecular formula is C9H15NO3. The summed E-state index contributed by atoms with van der Waals surface area (Å²) >= 11 is 0. The molecule has 0 radical (unpaired) electrons. The third-order valence-corrected chi connectivity index (χ3v) is 1.65. The van der Waals surface area contributed by atoms with Crippen LogP contribution in [-0.4, -0.2) is 19.2 Å². The van der Waals surface area contributed by atoms with Crippen molar-refractivity contribution in [1.29, 1.82) is 0 Å². The van der Waals surface area contributed by atoms with Crippen molar-refractivity contribution in [2.24, 2.45) is 0 Å². The van der Waals surface area contributed by atoms with Crippen molar-refractivity contribution in [1.82, 2.24) is 4.98 Å². The first-order chi connectivity index (χ1) is 5.99. The fraction of sp³-hybridized carbons (Fsp3) is 0.667. The lowest BCUT2D eigenvalue weighted by Crippen LogP contribution is -2.12. The van der Waals surface area contributed by atoms with E-state index < -0.39 is 0 Å². The maximum atomic E-state index is 5.18. The molecule has 1 aromatic rings. The summed E-state index contributed by atoms with van der Waals surface area (Å²) in [6.45, 7) is 6.10. The van der Waals surface area contributed by atoms with Crippen LogP contribution in [0, 0.1) is 0 Å². The van der Waals surface area contributed by atoms with Gasteiger partial charge in [-0.2, -0.15) is 4.98 Å². The van der Waals surface area contributed by atoms with Crippen LogP contribution in [0.5, 0.6) is 12.0 Å². The van der Waals surface area contributed by atoms with E-state index in [4.69, 9.17) is 13.9 Å². The van der Waals surface area contributed by atoms with Gasteiger partial charge in [-0.3, -0.25) is 0 Å². The van der Waals surface area contributed by atoms with E-state index >= 15 is 0 Å². The standard InChI is InChI=1S/C9H15NO3/c1-9(2,3)6-7(11-4)13-8(10-6)12-5/h1-5H3. The molecule has 0 unspecified atom stereocenters. The van der Waals surface area contributed by atoms with Crippen molar-refractivity contribution in [3.63, 3.8) is 0 Å². The zero-order valence-corrected chi connectivity index (χ0v) is 8.67. The molecule has 4 nitrogen and oxygen atoms in total. The predicted octanol–water partition coefficient (Wildman–Crippen LogP) is 1.99. The number of oxazole rings is 1. The molecule has 4 heteroatoms. The van der Waals surface area contributed by atoms with E-state index in [0.717, 1.165) is 5.69 Å². The summed E-state index contributed by atoms with van der Waals surface area (Å²) in [5.41, 5.74) is 0.665. The molecule has 0 aliphatic rings. The first-order valence-electron chi connectivity index (χ1n) is 4.08. The first kappa shape index (κ1) is 9.89. The molecule has 0 amide bonds. The topological polar surface area (TPSA) is 44.5 Å². The molecule has 1 rings (SSSR count). The Balaban J connectivity index is 3.11. The Hall–Kier alpha value is -1.19. The minimum atomic E-state index is -0.106. The van der Waals surface area contributed by atoms with Crippen molar-refractivity contribution in [2.75, 3.05) is 14.2 Å². The van der Waals surface area contributed by atoms with Crippen molar-refractivity contribution < 1.29 is 13.9 Å². The van der Waals surface area contributed by atoms with Crippen LogP contribution >= 0.6 is 0 Å². The van der Waals surface area contributed by atoms with Crippen LogP contribution in [-0.2, 0) is 5.41 Å². The lowest BCUT2D eigenvalue weighted by Gasteiger charge is -2.14. The Morgan fingerprint density at radius 3 is 2.08 bits per heavy atom. The molecule has 0 spiro atoms. The number of hydrogen-bond donors (Lipinski definition) is 0. The fourth-order valence-electron chi connectivity index (χ4n) is 0.987. The van der Waals surface area contributed by atoms with Gasteiger partial charge in [-0.25, -0.2) is 0 Å². The van der Waals surface area contributed by atoms with Crippen LogP contribution in [0.25, 0.3) is 0 Å². The Kier molecular flexibility index (Phi) is 2.50. The van der Waals surface area contributed by atoms with Crippen LogP contribution in [0.15, 0.2) is 4.42 Å². The zero-order chi connectivity index (χ0) is 10.1. The summed E-state index contributed by atoms with van der Waals surface area (Å²) in [5.74, 6) is 0.421. The highest BCUT2D eigenvalue weighted by Crippen LogP contribution is 2.33. The lowest BCUT2D eigenvalue weighted by atomic mass is 9.93. The van der Waals surface area contributed by atoms with E-state index in [9.17, 15) is 0 Å². The Labute approximate surface area is 77.9 Å². The van der Waals surface area contributed by atoms with Gasteiger partial charge in [0.05, 0.1) is 14.2 Å². The van der Waals surface area contributed by atoms with E-state index in [1.807, 2.05) is 20.8 Å². The van der Waals surface area contributed by atoms with E-state index in [-0.39, 0.29) is 11.5 Å². The van der Waals surface area contributed by atoms with Gasteiger partial charge in [0.25, 0.3) is 0 Å². The average molecular weight is 185 g/mol. The van der Waals surface area contributed by atoms with Gasteiger partial charge in [-0.05, 0) is 0 Å². The predicted molar refractivity (Wildman–Crippen MR) is 48.3 cm³/mol. The summed E-state index contributed by atoms with van der Waals surface area (Å²) in [5, 5.41) is 0. The van der Waals surface area contributed by atoms with Crippen molar-refractivity contribution in [2.45, 2.75) is 26.2 Å². The summed E-state index contributed by atoms with van der Waals surface area (Å²) in [7, 11) is 3.06. The second-order valence-corrected chi connectivity index (χ2v) is 3.77. The number of rotatable bonds is 2. The minimum absolute atomic E-state index is 0.106. The molecule has 0 atom stereocenters. The highest BCUT2D eigenvalue weighted by molar-refractivity contribution is 5.25. The van der Waals surface area contributed by atoms with E-state index in [1.165, 1.54) is 7.11 Å². The Bertz CT molecular complexity index is 286. The van der Waals surface area contributed by atoms with Crippen LogP contribution < -0.4 is 9.47 Å². The molecule has 0 aliphatic carbocycles. The molecule has 0 N–H and O–H groups in total. The van der Waals surface area contributed by atoms with Gasteiger partial charge in [-0.15, -0.1) is 0 Å². The summed E-state index contributed by atoms with van der Waals surface area (Å²) in [6, 6.07) is 0. The Morgan fingerprint density at radius 1 is 1.15 bits per heavy atom. The Morgan fingerprint density at radius 2 is 1.77 bits per heavy atom. The number of hydrogen-bond acceptors (Lipinski definition) is 4. The molecule has 1 aromatic heterocycles. The smallest absolute Gasteiger partial charge is 0.396 e. The van der Waals surface area contributed by atoms with Crippen LogP contribution in [0.1, 0.15) is 26.5 Å². The van der Waals surface area contributed by atoms with Crippen molar-refractivity contribution >= 4 is 0 Å². The average Bonchev–Trinajstić information content (AvgIpc) is 2.46. The number of aromatic nitrogens is 1. The van der Waals surface area contributed by atoms with E-state index in [0.29, 0.717) is 5.95 Å². The van der Waals surface area contributed by atoms with Gasteiger partial charge in [0, 0.05) is 5.41 Å². The van der Waals surface area contributed by atoms with Crippen LogP contribution in [0.3, 0.4) is 0 Å². The second-order valence-electron chi connectivity index (χ2n) is 3.77. The van der Waals surface area contributed by atoms with Gasteiger partial charge in [0.1, 0.15) is 5.69 Å². The van der Waals surface area contributed by atoms with E-state index in [2.05, 4.69) is 4.98 Å². The molecule has 0 saturated heterocycles. The molecule has 0 fully saturated rings. The molecular weight excluding hydrogens is 170 g/mol. The minimum Gasteiger partial charge on any atom is -0.467 e. The normalized spacial score (nSPS) is 11.5. The highest BCUT2D eigenvalue weighted by Gasteiger charge is 2.26. The van der Waals surface area contributed by atoms with Crippen LogP contribution in [0.2, 0.25) is 0 Å². The molecule has 0 saturated carbocycles. The third-order valence-electron chi connectivity index (χ3n) is 1.65. The SMILES string of the molecule is COc1nc(C(C)(C)C)c(OC)o1. The van der Waals surface area contributed by atoms with Gasteiger partial charge >= 0.3 is 12.0 Å². The van der Waals surface area contributed by atoms with Crippen LogP contribution in [0.4, 0.5) is 0 Å². The first-order valence-corrected chi connectivity index (χ1v) is 4.08. The van der Waals surface area contributed by atoms with Gasteiger partial charge < -0.3 is 13.9 Å². The lowest BCUT2D eigenvalue weighted by molar-refractivity contribution is 0.235. The summed E-state index contributed by atoms with van der Waals surface area (Å²) in [6.07, 6.45) is 0.238. The second kappa shape index (κ2) is 3.28. The van der Waals surface area contributed by atoms with Crippen molar-refractivity contribution in [3.8, 4) is 12.0 Å². The largest absolute Gasteiger partial charge is 0.467 e. The van der Waals surface area contributed by atoms with Crippen molar-refractivity contribution in [3.05, 3.63) is 5.69 Å². The molecule has 0 bridgehead atoms.